The molecule has 0 saturated heterocycles. The number of carbonyl (C=O) groups excluding carboxylic acids is 1. The molecule has 0 amide bonds. The van der Waals surface area contributed by atoms with Gasteiger partial charge in [0.1, 0.15) is 12.4 Å². The Hall–Kier alpha value is -1.91. The third-order valence-corrected chi connectivity index (χ3v) is 3.98. The van der Waals surface area contributed by atoms with Gasteiger partial charge >= 0.3 is 5.97 Å². The van der Waals surface area contributed by atoms with Gasteiger partial charge in [0.05, 0.1) is 23.4 Å². The number of methoxy groups -OCH3 is 1. The lowest BCUT2D eigenvalue weighted by molar-refractivity contribution is 0.0602. The smallest absolute Gasteiger partial charge is 0.340 e. The first-order chi connectivity index (χ1) is 11.4. The molecular weight excluding hydrogens is 349 g/mol. The van der Waals surface area contributed by atoms with Gasteiger partial charge in [0.25, 0.3) is 0 Å². The van der Waals surface area contributed by atoms with Gasteiger partial charge in [0.2, 0.25) is 0 Å². The van der Waals surface area contributed by atoms with Crippen LogP contribution in [0.1, 0.15) is 21.5 Å². The predicted molar refractivity (Wildman–Crippen MR) is 97.7 cm³/mol. The van der Waals surface area contributed by atoms with E-state index >= 15 is 0 Å². The van der Waals surface area contributed by atoms with E-state index in [0.717, 1.165) is 16.9 Å². The highest BCUT2D eigenvalue weighted by molar-refractivity contribution is 6.37. The van der Waals surface area contributed by atoms with Gasteiger partial charge in [-0.25, -0.2) is 4.79 Å². The highest BCUT2D eigenvalue weighted by Gasteiger charge is 2.16. The number of carbonyl (C=O) groups is 1. The van der Waals surface area contributed by atoms with Gasteiger partial charge in [-0.2, -0.15) is 0 Å². The minimum atomic E-state index is -0.502. The van der Waals surface area contributed by atoms with Crippen LogP contribution in [0.5, 0.6) is 5.75 Å². The summed E-state index contributed by atoms with van der Waals surface area (Å²) in [6.45, 7) is 4.90. The average molecular weight is 368 g/mol. The molecule has 6 heteroatoms. The lowest BCUT2D eigenvalue weighted by atomic mass is 10.1. The first-order valence-corrected chi connectivity index (χ1v) is 8.19. The van der Waals surface area contributed by atoms with Crippen molar-refractivity contribution in [2.24, 2.45) is 0 Å². The van der Waals surface area contributed by atoms with Crippen LogP contribution in [-0.4, -0.2) is 26.2 Å². The summed E-state index contributed by atoms with van der Waals surface area (Å²) in [6, 6.07) is 9.14. The Morgan fingerprint density at radius 2 is 1.92 bits per heavy atom. The first-order valence-electron chi connectivity index (χ1n) is 7.43. The molecule has 0 fully saturated rings. The second-order valence-electron chi connectivity index (χ2n) is 5.35. The maximum Gasteiger partial charge on any atom is 0.340 e. The summed E-state index contributed by atoms with van der Waals surface area (Å²) in [4.78, 5) is 11.9. The third kappa shape index (κ3) is 4.56. The van der Waals surface area contributed by atoms with Crippen LogP contribution in [0.4, 0.5) is 5.69 Å². The molecule has 2 rings (SSSR count). The second-order valence-corrected chi connectivity index (χ2v) is 6.19. The van der Waals surface area contributed by atoms with E-state index in [1.807, 2.05) is 32.0 Å². The van der Waals surface area contributed by atoms with Crippen molar-refractivity contribution in [3.05, 3.63) is 57.1 Å². The van der Waals surface area contributed by atoms with Crippen molar-refractivity contribution in [2.45, 2.75) is 13.8 Å². The number of ether oxygens (including phenoxy) is 2. The summed E-state index contributed by atoms with van der Waals surface area (Å²) in [6.07, 6.45) is 0. The number of hydrogen-bond acceptors (Lipinski definition) is 4. The Kier molecular flexibility index (Phi) is 6.35. The molecule has 0 atom stereocenters. The zero-order valence-corrected chi connectivity index (χ0v) is 15.3. The van der Waals surface area contributed by atoms with Crippen LogP contribution < -0.4 is 10.1 Å². The fourth-order valence-electron chi connectivity index (χ4n) is 2.22. The molecule has 0 heterocycles. The zero-order chi connectivity index (χ0) is 17.7. The van der Waals surface area contributed by atoms with Crippen LogP contribution in [0.15, 0.2) is 30.3 Å². The molecule has 4 nitrogen and oxygen atoms in total. The number of hydrogen-bond donors (Lipinski definition) is 1. The molecular formula is C18H19Cl2NO3. The fraction of sp³-hybridized carbons (Fsp3) is 0.278. The molecule has 128 valence electrons. The Balaban J connectivity index is 2.04. The number of halogens is 2. The Labute approximate surface area is 151 Å². The minimum Gasteiger partial charge on any atom is -0.491 e. The van der Waals surface area contributed by atoms with E-state index in [4.69, 9.17) is 32.7 Å². The normalized spacial score (nSPS) is 10.4. The third-order valence-electron chi connectivity index (χ3n) is 3.47. The number of benzene rings is 2. The van der Waals surface area contributed by atoms with Gasteiger partial charge in [0.15, 0.2) is 0 Å². The molecule has 0 aliphatic rings. The monoisotopic (exact) mass is 367 g/mol. The summed E-state index contributed by atoms with van der Waals surface area (Å²) in [5.41, 5.74) is 2.98. The molecule has 2 aromatic carbocycles. The van der Waals surface area contributed by atoms with E-state index in [1.54, 1.807) is 6.07 Å². The van der Waals surface area contributed by atoms with E-state index in [2.05, 4.69) is 5.32 Å². The van der Waals surface area contributed by atoms with Crippen LogP contribution in [0.2, 0.25) is 10.0 Å². The maximum atomic E-state index is 11.9. The molecule has 0 aromatic heterocycles. The highest BCUT2D eigenvalue weighted by Crippen LogP contribution is 2.30. The van der Waals surface area contributed by atoms with Crippen molar-refractivity contribution in [1.82, 2.24) is 0 Å². The van der Waals surface area contributed by atoms with Crippen LogP contribution in [-0.2, 0) is 4.74 Å². The van der Waals surface area contributed by atoms with E-state index < -0.39 is 5.97 Å². The van der Waals surface area contributed by atoms with Crippen molar-refractivity contribution < 1.29 is 14.3 Å². The van der Waals surface area contributed by atoms with Crippen molar-refractivity contribution in [3.8, 4) is 5.75 Å². The summed E-state index contributed by atoms with van der Waals surface area (Å²) < 4.78 is 10.5. The Morgan fingerprint density at radius 3 is 2.62 bits per heavy atom. The maximum absolute atomic E-state index is 11.9. The van der Waals surface area contributed by atoms with Crippen molar-refractivity contribution >= 4 is 34.9 Å². The standard InChI is InChI=1S/C18H19Cl2NO3/c1-11-4-5-12(2)16(8-11)24-7-6-21-17-14(18(22)23-3)9-13(19)10-15(17)20/h4-5,8-10,21H,6-7H2,1-3H3. The lowest BCUT2D eigenvalue weighted by Gasteiger charge is -2.14. The second kappa shape index (κ2) is 8.27. The average Bonchev–Trinajstić information content (AvgIpc) is 2.54. The summed E-state index contributed by atoms with van der Waals surface area (Å²) in [5, 5.41) is 3.84. The lowest BCUT2D eigenvalue weighted by Crippen LogP contribution is -2.15. The van der Waals surface area contributed by atoms with Gasteiger partial charge in [-0.05, 0) is 43.2 Å². The highest BCUT2D eigenvalue weighted by atomic mass is 35.5. The number of anilines is 1. The minimum absolute atomic E-state index is 0.293. The van der Waals surface area contributed by atoms with Crippen LogP contribution in [0.3, 0.4) is 0 Å². The van der Waals surface area contributed by atoms with Gasteiger partial charge in [-0.1, -0.05) is 35.3 Å². The number of nitrogens with one attached hydrogen (secondary N) is 1. The predicted octanol–water partition coefficient (Wildman–Crippen LogP) is 4.89. The number of aryl methyl sites for hydroxylation is 2. The van der Waals surface area contributed by atoms with Gasteiger partial charge in [0, 0.05) is 11.6 Å². The van der Waals surface area contributed by atoms with Crippen LogP contribution in [0, 0.1) is 13.8 Å². The molecule has 0 bridgehead atoms. The molecule has 0 spiro atoms. The number of esters is 1. The van der Waals surface area contributed by atoms with Crippen molar-refractivity contribution in [2.75, 3.05) is 25.6 Å². The molecule has 1 N–H and O–H groups in total. The largest absolute Gasteiger partial charge is 0.491 e. The molecule has 2 aromatic rings. The Morgan fingerprint density at radius 1 is 1.17 bits per heavy atom. The van der Waals surface area contributed by atoms with E-state index in [0.29, 0.717) is 34.4 Å². The van der Waals surface area contributed by atoms with E-state index in [9.17, 15) is 4.79 Å². The molecule has 0 aliphatic heterocycles. The van der Waals surface area contributed by atoms with Crippen LogP contribution in [0.25, 0.3) is 0 Å². The van der Waals surface area contributed by atoms with E-state index in [-0.39, 0.29) is 0 Å². The Bertz CT molecular complexity index is 747. The first kappa shape index (κ1) is 18.4. The number of rotatable bonds is 6. The van der Waals surface area contributed by atoms with Gasteiger partial charge in [-0.15, -0.1) is 0 Å². The quantitative estimate of drug-likeness (QED) is 0.583. The molecule has 24 heavy (non-hydrogen) atoms. The van der Waals surface area contributed by atoms with Crippen molar-refractivity contribution in [1.29, 1.82) is 0 Å². The molecule has 0 unspecified atom stereocenters. The molecule has 0 saturated carbocycles. The summed E-state index contributed by atoms with van der Waals surface area (Å²) >= 11 is 12.1. The van der Waals surface area contributed by atoms with Crippen LogP contribution >= 0.6 is 23.2 Å². The fourth-order valence-corrected chi connectivity index (χ4v) is 2.78. The topological polar surface area (TPSA) is 47.6 Å². The summed E-state index contributed by atoms with van der Waals surface area (Å²) in [5.74, 6) is 0.338. The SMILES string of the molecule is COC(=O)c1cc(Cl)cc(Cl)c1NCCOc1cc(C)ccc1C. The van der Waals surface area contributed by atoms with Gasteiger partial charge < -0.3 is 14.8 Å². The van der Waals surface area contributed by atoms with Crippen molar-refractivity contribution in [3.63, 3.8) is 0 Å². The summed E-state index contributed by atoms with van der Waals surface area (Å²) in [7, 11) is 1.31. The molecule has 0 radical (unpaired) electrons. The molecule has 0 aliphatic carbocycles. The van der Waals surface area contributed by atoms with Gasteiger partial charge in [-0.3, -0.25) is 0 Å². The zero-order valence-electron chi connectivity index (χ0n) is 13.8. The van der Waals surface area contributed by atoms with E-state index in [1.165, 1.54) is 13.2 Å².